The first-order valence-corrected chi connectivity index (χ1v) is 7.29. The van der Waals surface area contributed by atoms with E-state index < -0.39 is 29.7 Å². The summed E-state index contributed by atoms with van der Waals surface area (Å²) in [6.45, 7) is 1.54. The summed E-state index contributed by atoms with van der Waals surface area (Å²) in [6.07, 6.45) is -0.329. The van der Waals surface area contributed by atoms with E-state index in [0.717, 1.165) is 0 Å². The first-order chi connectivity index (χ1) is 11.0. The van der Waals surface area contributed by atoms with Gasteiger partial charge in [-0.05, 0) is 6.42 Å². The van der Waals surface area contributed by atoms with Crippen molar-refractivity contribution in [2.75, 3.05) is 6.61 Å². The van der Waals surface area contributed by atoms with Gasteiger partial charge in [0.15, 0.2) is 5.76 Å². The van der Waals surface area contributed by atoms with E-state index in [-0.39, 0.29) is 24.4 Å². The van der Waals surface area contributed by atoms with E-state index in [4.69, 9.17) is 14.4 Å². The van der Waals surface area contributed by atoms with Gasteiger partial charge in [0.2, 0.25) is 0 Å². The third-order valence-corrected chi connectivity index (χ3v) is 3.85. The summed E-state index contributed by atoms with van der Waals surface area (Å²) >= 11 is 0. The predicted octanol–water partition coefficient (Wildman–Crippen LogP) is -0.605. The van der Waals surface area contributed by atoms with E-state index in [1.165, 1.54) is 10.8 Å². The van der Waals surface area contributed by atoms with E-state index in [0.29, 0.717) is 12.1 Å². The number of aromatic nitrogens is 3. The lowest BCUT2D eigenvalue weighted by Crippen LogP contribution is -2.33. The maximum Gasteiger partial charge on any atom is 0.330 e. The number of ether oxygens (including phenoxy) is 1. The minimum absolute atomic E-state index is 0.132. The topological polar surface area (TPSA) is 131 Å². The van der Waals surface area contributed by atoms with Crippen molar-refractivity contribution < 1.29 is 19.5 Å². The van der Waals surface area contributed by atoms with Crippen LogP contribution in [0, 0.1) is 0 Å². The molecule has 3 rings (SSSR count). The molecule has 124 valence electrons. The second-order valence-corrected chi connectivity index (χ2v) is 5.36. The molecule has 2 aromatic rings. The van der Waals surface area contributed by atoms with Crippen molar-refractivity contribution in [3.05, 3.63) is 38.8 Å². The van der Waals surface area contributed by atoms with Gasteiger partial charge in [0.25, 0.3) is 5.56 Å². The molecule has 0 saturated carbocycles. The van der Waals surface area contributed by atoms with E-state index in [2.05, 4.69) is 10.1 Å². The number of H-pyrrole nitrogens is 1. The van der Waals surface area contributed by atoms with Gasteiger partial charge in [0, 0.05) is 18.7 Å². The van der Waals surface area contributed by atoms with Gasteiger partial charge in [0.05, 0.1) is 18.4 Å². The molecule has 0 bridgehead atoms. The summed E-state index contributed by atoms with van der Waals surface area (Å²) in [4.78, 5) is 26.2. The van der Waals surface area contributed by atoms with Crippen molar-refractivity contribution in [1.29, 1.82) is 0 Å². The number of aliphatic hydroxyl groups is 2. The Morgan fingerprint density at radius 3 is 2.87 bits per heavy atom. The molecule has 9 nitrogen and oxygen atoms in total. The number of aryl methyl sites for hydroxylation is 1. The Morgan fingerprint density at radius 1 is 1.48 bits per heavy atom. The first kappa shape index (κ1) is 15.7. The molecule has 0 amide bonds. The number of nitrogens with one attached hydrogen (secondary N) is 1. The molecule has 0 radical (unpaired) electrons. The SMILES string of the molecule is CCc1cc(-c2cn([C@H]3C[C@H](O)[C@@H](CO)O3)c(=O)[nH]c2=O)on1. The molecule has 9 heteroatoms. The molecule has 23 heavy (non-hydrogen) atoms. The van der Waals surface area contributed by atoms with Crippen molar-refractivity contribution in [3.8, 4) is 11.3 Å². The number of rotatable bonds is 4. The fourth-order valence-electron chi connectivity index (χ4n) is 2.53. The van der Waals surface area contributed by atoms with Gasteiger partial charge in [-0.25, -0.2) is 4.79 Å². The third-order valence-electron chi connectivity index (χ3n) is 3.85. The summed E-state index contributed by atoms with van der Waals surface area (Å²) in [7, 11) is 0. The second kappa shape index (κ2) is 6.11. The zero-order valence-corrected chi connectivity index (χ0v) is 12.4. The van der Waals surface area contributed by atoms with Crippen LogP contribution in [-0.2, 0) is 11.2 Å². The summed E-state index contributed by atoms with van der Waals surface area (Å²) in [5.74, 6) is 0.245. The molecule has 2 aromatic heterocycles. The fraction of sp³-hybridized carbons (Fsp3) is 0.500. The maximum atomic E-state index is 12.0. The van der Waals surface area contributed by atoms with Gasteiger partial charge >= 0.3 is 5.69 Å². The highest BCUT2D eigenvalue weighted by atomic mass is 16.5. The summed E-state index contributed by atoms with van der Waals surface area (Å²) in [5, 5.41) is 22.7. The Morgan fingerprint density at radius 2 is 2.26 bits per heavy atom. The summed E-state index contributed by atoms with van der Waals surface area (Å²) < 4.78 is 11.7. The molecule has 1 saturated heterocycles. The summed E-state index contributed by atoms with van der Waals surface area (Å²) in [6, 6.07) is 1.63. The van der Waals surface area contributed by atoms with Crippen LogP contribution in [0.25, 0.3) is 11.3 Å². The second-order valence-electron chi connectivity index (χ2n) is 5.36. The Hall–Kier alpha value is -2.23. The molecule has 3 heterocycles. The lowest BCUT2D eigenvalue weighted by Gasteiger charge is -2.14. The smallest absolute Gasteiger partial charge is 0.330 e. The molecule has 0 spiro atoms. The van der Waals surface area contributed by atoms with Crippen LogP contribution in [0.2, 0.25) is 0 Å². The summed E-state index contributed by atoms with van der Waals surface area (Å²) in [5.41, 5.74) is -0.431. The molecule has 0 unspecified atom stereocenters. The molecule has 1 fully saturated rings. The molecule has 3 atom stereocenters. The molecule has 3 N–H and O–H groups in total. The standard InChI is InChI=1S/C14H17N3O6/c1-2-7-3-10(23-16-7)8-5-17(14(21)15-13(8)20)12-4-9(19)11(6-18)22-12/h3,5,9,11-12,18-19H,2,4,6H2,1H3,(H,15,20,21)/t9-,11+,12+/m0/s1. The maximum absolute atomic E-state index is 12.0. The number of aliphatic hydroxyl groups excluding tert-OH is 2. The molecule has 1 aliphatic heterocycles. The third kappa shape index (κ3) is 2.85. The lowest BCUT2D eigenvalue weighted by molar-refractivity contribution is -0.0458. The van der Waals surface area contributed by atoms with Crippen LogP contribution in [0.15, 0.2) is 26.4 Å². The Kier molecular flexibility index (Phi) is 4.16. The van der Waals surface area contributed by atoms with Crippen molar-refractivity contribution in [3.63, 3.8) is 0 Å². The number of aromatic amines is 1. The number of hydrogen-bond acceptors (Lipinski definition) is 7. The highest BCUT2D eigenvalue weighted by Gasteiger charge is 2.35. The van der Waals surface area contributed by atoms with Gasteiger partial charge in [-0.1, -0.05) is 12.1 Å². The molecule has 1 aliphatic rings. The zero-order chi connectivity index (χ0) is 16.6. The average Bonchev–Trinajstić information content (AvgIpc) is 3.13. The van der Waals surface area contributed by atoms with Gasteiger partial charge < -0.3 is 19.5 Å². The van der Waals surface area contributed by atoms with Crippen LogP contribution >= 0.6 is 0 Å². The van der Waals surface area contributed by atoms with Gasteiger partial charge in [-0.2, -0.15) is 0 Å². The first-order valence-electron chi connectivity index (χ1n) is 7.29. The Balaban J connectivity index is 2.01. The van der Waals surface area contributed by atoms with Crippen LogP contribution in [0.4, 0.5) is 0 Å². The lowest BCUT2D eigenvalue weighted by atomic mass is 10.2. The Bertz CT molecular complexity index is 807. The van der Waals surface area contributed by atoms with Gasteiger partial charge in [-0.3, -0.25) is 14.3 Å². The number of hydrogen-bond donors (Lipinski definition) is 3. The molecular weight excluding hydrogens is 306 g/mol. The van der Waals surface area contributed by atoms with Gasteiger partial charge in [0.1, 0.15) is 17.9 Å². The number of nitrogens with zero attached hydrogens (tertiary/aromatic N) is 2. The van der Waals surface area contributed by atoms with Crippen LogP contribution in [-0.4, -0.2) is 43.7 Å². The van der Waals surface area contributed by atoms with Crippen molar-refractivity contribution in [1.82, 2.24) is 14.7 Å². The highest BCUT2D eigenvalue weighted by Crippen LogP contribution is 2.28. The highest BCUT2D eigenvalue weighted by molar-refractivity contribution is 5.54. The van der Waals surface area contributed by atoms with Crippen LogP contribution in [0.5, 0.6) is 0 Å². The molecule has 0 aromatic carbocycles. The van der Waals surface area contributed by atoms with Crippen LogP contribution in [0.1, 0.15) is 25.3 Å². The normalized spacial score (nSPS) is 24.2. The van der Waals surface area contributed by atoms with Crippen LogP contribution < -0.4 is 11.2 Å². The van der Waals surface area contributed by atoms with E-state index in [1.54, 1.807) is 6.07 Å². The van der Waals surface area contributed by atoms with E-state index in [9.17, 15) is 14.7 Å². The monoisotopic (exact) mass is 323 g/mol. The molecule has 0 aliphatic carbocycles. The largest absolute Gasteiger partial charge is 0.394 e. The zero-order valence-electron chi connectivity index (χ0n) is 12.4. The quantitative estimate of drug-likeness (QED) is 0.684. The van der Waals surface area contributed by atoms with Crippen LogP contribution in [0.3, 0.4) is 0 Å². The van der Waals surface area contributed by atoms with E-state index >= 15 is 0 Å². The minimum atomic E-state index is -0.885. The predicted molar refractivity (Wildman–Crippen MR) is 77.8 cm³/mol. The average molecular weight is 323 g/mol. The van der Waals surface area contributed by atoms with Gasteiger partial charge in [-0.15, -0.1) is 0 Å². The van der Waals surface area contributed by atoms with Crippen molar-refractivity contribution >= 4 is 0 Å². The Labute approximate surface area is 130 Å². The minimum Gasteiger partial charge on any atom is -0.394 e. The fourth-order valence-corrected chi connectivity index (χ4v) is 2.53. The van der Waals surface area contributed by atoms with Crippen molar-refractivity contribution in [2.24, 2.45) is 0 Å². The van der Waals surface area contributed by atoms with Crippen molar-refractivity contribution in [2.45, 2.75) is 38.2 Å². The van der Waals surface area contributed by atoms with E-state index in [1.807, 2.05) is 6.92 Å². The molecular formula is C14H17N3O6.